The van der Waals surface area contributed by atoms with Crippen LogP contribution in [0.4, 0.5) is 26.3 Å². The van der Waals surface area contributed by atoms with Crippen molar-refractivity contribution < 1.29 is 36.2 Å². The van der Waals surface area contributed by atoms with E-state index in [9.17, 15) is 31.4 Å². The molecule has 0 aliphatic carbocycles. The first-order chi connectivity index (χ1) is 10.9. The Hall–Kier alpha value is -1.87. The molecule has 0 unspecified atom stereocenters. The molecule has 0 amide bonds. The molecule has 0 radical (unpaired) electrons. The second-order valence-corrected chi connectivity index (χ2v) is 5.23. The Morgan fingerprint density at radius 2 is 1.46 bits per heavy atom. The monoisotopic (exact) mass is 391 g/mol. The van der Waals surface area contributed by atoms with Gasteiger partial charge in [-0.25, -0.2) is 4.98 Å². The topological polar surface area (TPSA) is 42.4 Å². The highest BCUT2D eigenvalue weighted by molar-refractivity contribution is 6.37. The van der Waals surface area contributed by atoms with Gasteiger partial charge in [-0.15, -0.1) is 0 Å². The second kappa shape index (κ2) is 6.21. The van der Waals surface area contributed by atoms with Gasteiger partial charge in [0.15, 0.2) is 5.75 Å². The number of hydrogen-bond acceptors (Lipinski definition) is 3. The minimum Gasteiger partial charge on any atom is -0.508 e. The van der Waals surface area contributed by atoms with Crippen LogP contribution in [0.5, 0.6) is 17.4 Å². The predicted molar refractivity (Wildman–Crippen MR) is 72.4 cm³/mol. The zero-order valence-electron chi connectivity index (χ0n) is 11.1. The first-order valence-corrected chi connectivity index (χ1v) is 6.65. The van der Waals surface area contributed by atoms with Gasteiger partial charge in [0.1, 0.15) is 11.3 Å². The Kier molecular flexibility index (Phi) is 4.78. The third-order valence-corrected chi connectivity index (χ3v) is 3.23. The number of ether oxygens (including phenoxy) is 1. The van der Waals surface area contributed by atoms with Gasteiger partial charge in [0.2, 0.25) is 5.88 Å². The Morgan fingerprint density at radius 1 is 0.917 bits per heavy atom. The quantitative estimate of drug-likeness (QED) is 0.645. The van der Waals surface area contributed by atoms with E-state index in [0.717, 1.165) is 12.1 Å². The SMILES string of the molecule is Oc1cc(Cl)c(Oc2ncc(C(F)(F)F)cc2C(F)(F)F)c(Cl)c1. The molecule has 0 saturated carbocycles. The van der Waals surface area contributed by atoms with Crippen LogP contribution in [0.15, 0.2) is 24.4 Å². The molecule has 0 aliphatic heterocycles. The summed E-state index contributed by atoms with van der Waals surface area (Å²) in [6, 6.07) is 1.73. The van der Waals surface area contributed by atoms with Crippen LogP contribution in [-0.2, 0) is 12.4 Å². The molecule has 1 aromatic carbocycles. The van der Waals surface area contributed by atoms with Crippen LogP contribution in [-0.4, -0.2) is 10.1 Å². The van der Waals surface area contributed by atoms with Crippen molar-refractivity contribution >= 4 is 23.2 Å². The molecule has 24 heavy (non-hydrogen) atoms. The molecule has 1 N–H and O–H groups in total. The van der Waals surface area contributed by atoms with Gasteiger partial charge in [0.25, 0.3) is 0 Å². The molecular formula is C13H5Cl2F6NO2. The molecule has 2 rings (SSSR count). The zero-order chi connectivity index (χ0) is 18.3. The highest BCUT2D eigenvalue weighted by atomic mass is 35.5. The Morgan fingerprint density at radius 3 is 1.92 bits per heavy atom. The highest BCUT2D eigenvalue weighted by Crippen LogP contribution is 2.44. The van der Waals surface area contributed by atoms with E-state index in [1.54, 1.807) is 0 Å². The number of nitrogens with zero attached hydrogens (tertiary/aromatic N) is 1. The minimum atomic E-state index is -5.17. The Labute approximate surface area is 140 Å². The molecule has 1 aromatic heterocycles. The van der Waals surface area contributed by atoms with Gasteiger partial charge in [-0.1, -0.05) is 23.2 Å². The molecule has 11 heteroatoms. The van der Waals surface area contributed by atoms with Crippen LogP contribution in [0.2, 0.25) is 10.0 Å². The molecular weight excluding hydrogens is 387 g/mol. The third kappa shape index (κ3) is 3.96. The molecule has 3 nitrogen and oxygen atoms in total. The first kappa shape index (κ1) is 18.5. The van der Waals surface area contributed by atoms with Gasteiger partial charge in [0, 0.05) is 18.3 Å². The van der Waals surface area contributed by atoms with Crippen molar-refractivity contribution in [2.75, 3.05) is 0 Å². The van der Waals surface area contributed by atoms with Gasteiger partial charge in [-0.2, -0.15) is 26.3 Å². The number of pyridine rings is 1. The number of halogens is 8. The number of rotatable bonds is 2. The van der Waals surface area contributed by atoms with E-state index in [1.807, 2.05) is 0 Å². The molecule has 2 aromatic rings. The third-order valence-electron chi connectivity index (χ3n) is 2.67. The van der Waals surface area contributed by atoms with Crippen LogP contribution < -0.4 is 4.74 Å². The number of aromatic nitrogens is 1. The fourth-order valence-corrected chi connectivity index (χ4v) is 2.19. The van der Waals surface area contributed by atoms with Crippen molar-refractivity contribution in [3.05, 3.63) is 45.6 Å². The lowest BCUT2D eigenvalue weighted by molar-refractivity contribution is -0.144. The minimum absolute atomic E-state index is 0.134. The van der Waals surface area contributed by atoms with E-state index in [2.05, 4.69) is 4.98 Å². The molecule has 0 saturated heterocycles. The number of benzene rings is 1. The van der Waals surface area contributed by atoms with Crippen LogP contribution >= 0.6 is 23.2 Å². The first-order valence-electron chi connectivity index (χ1n) is 5.90. The van der Waals surface area contributed by atoms with Crippen molar-refractivity contribution in [2.24, 2.45) is 0 Å². The van der Waals surface area contributed by atoms with Gasteiger partial charge in [0.05, 0.1) is 15.6 Å². The number of phenols is 1. The van der Waals surface area contributed by atoms with Crippen LogP contribution in [0.3, 0.4) is 0 Å². The number of hydrogen-bond donors (Lipinski definition) is 1. The zero-order valence-corrected chi connectivity index (χ0v) is 12.6. The summed E-state index contributed by atoms with van der Waals surface area (Å²) in [5, 5.41) is 8.55. The maximum Gasteiger partial charge on any atom is 0.421 e. The number of alkyl halides is 6. The summed E-state index contributed by atoms with van der Waals surface area (Å²) in [7, 11) is 0. The number of aromatic hydroxyl groups is 1. The summed E-state index contributed by atoms with van der Waals surface area (Å²) in [6.45, 7) is 0. The van der Waals surface area contributed by atoms with Gasteiger partial charge >= 0.3 is 12.4 Å². The van der Waals surface area contributed by atoms with Gasteiger partial charge in [-0.3, -0.25) is 0 Å². The van der Waals surface area contributed by atoms with Crippen LogP contribution in [0.25, 0.3) is 0 Å². The fourth-order valence-electron chi connectivity index (χ4n) is 1.63. The standard InChI is InChI=1S/C13H5Cl2F6NO2/c14-8-2-6(23)3-9(15)10(8)24-11-7(13(19,20)21)1-5(4-22-11)12(16,17)18/h1-4,23H. The Bertz CT molecular complexity index is 753. The van der Waals surface area contributed by atoms with E-state index >= 15 is 0 Å². The van der Waals surface area contributed by atoms with Crippen molar-refractivity contribution in [3.63, 3.8) is 0 Å². The van der Waals surface area contributed by atoms with Crippen molar-refractivity contribution in [2.45, 2.75) is 12.4 Å². The van der Waals surface area contributed by atoms with Gasteiger partial charge in [-0.05, 0) is 6.07 Å². The summed E-state index contributed by atoms with van der Waals surface area (Å²) in [5.74, 6) is -2.03. The maximum atomic E-state index is 13.0. The van der Waals surface area contributed by atoms with E-state index in [0.29, 0.717) is 0 Å². The van der Waals surface area contributed by atoms with E-state index in [1.165, 1.54) is 0 Å². The molecule has 0 fully saturated rings. The normalized spacial score (nSPS) is 12.3. The molecule has 0 bridgehead atoms. The Balaban J connectivity index is 2.55. The number of phenolic OH excluding ortho intramolecular Hbond substituents is 1. The van der Waals surface area contributed by atoms with Gasteiger partial charge < -0.3 is 9.84 Å². The summed E-state index contributed by atoms with van der Waals surface area (Å²) in [5.41, 5.74) is -3.34. The van der Waals surface area contributed by atoms with Crippen molar-refractivity contribution in [3.8, 4) is 17.4 Å². The fraction of sp³-hybridized carbons (Fsp3) is 0.154. The molecule has 0 aliphatic rings. The van der Waals surface area contributed by atoms with Crippen molar-refractivity contribution in [1.29, 1.82) is 0 Å². The molecule has 0 spiro atoms. The second-order valence-electron chi connectivity index (χ2n) is 4.41. The highest BCUT2D eigenvalue weighted by Gasteiger charge is 2.40. The average Bonchev–Trinajstić information content (AvgIpc) is 2.40. The lowest BCUT2D eigenvalue weighted by Gasteiger charge is -2.16. The molecule has 130 valence electrons. The lowest BCUT2D eigenvalue weighted by Crippen LogP contribution is -2.13. The largest absolute Gasteiger partial charge is 0.508 e. The molecule has 0 atom stereocenters. The van der Waals surface area contributed by atoms with E-state index in [-0.39, 0.29) is 28.1 Å². The van der Waals surface area contributed by atoms with E-state index in [4.69, 9.17) is 27.9 Å². The van der Waals surface area contributed by atoms with Crippen LogP contribution in [0, 0.1) is 0 Å². The van der Waals surface area contributed by atoms with Crippen molar-refractivity contribution in [1.82, 2.24) is 4.98 Å². The summed E-state index contributed by atoms with van der Waals surface area (Å²) < 4.78 is 81.5. The summed E-state index contributed by atoms with van der Waals surface area (Å²) in [4.78, 5) is 3.07. The molecule has 1 heterocycles. The lowest BCUT2D eigenvalue weighted by atomic mass is 10.2. The van der Waals surface area contributed by atoms with E-state index < -0.39 is 35.1 Å². The predicted octanol–water partition coefficient (Wildman–Crippen LogP) is 5.92. The summed E-state index contributed by atoms with van der Waals surface area (Å²) in [6.07, 6.45) is -9.99. The van der Waals surface area contributed by atoms with Crippen LogP contribution in [0.1, 0.15) is 11.1 Å². The maximum absolute atomic E-state index is 13.0. The average molecular weight is 392 g/mol. The smallest absolute Gasteiger partial charge is 0.421 e. The summed E-state index contributed by atoms with van der Waals surface area (Å²) >= 11 is 11.4.